The molecule has 0 fully saturated rings. The molecular formula is C13H16F3NO2. The van der Waals surface area contributed by atoms with Crippen LogP contribution in [-0.2, 0) is 9.53 Å². The van der Waals surface area contributed by atoms with Crippen LogP contribution in [0.3, 0.4) is 0 Å². The van der Waals surface area contributed by atoms with Gasteiger partial charge in [-0.05, 0) is 19.4 Å². The molecule has 1 N–H and O–H groups in total. The Kier molecular flexibility index (Phi) is 5.35. The van der Waals surface area contributed by atoms with Gasteiger partial charge in [-0.2, -0.15) is 13.2 Å². The van der Waals surface area contributed by atoms with E-state index in [1.165, 1.54) is 0 Å². The average molecular weight is 275 g/mol. The molecule has 0 aliphatic heterocycles. The summed E-state index contributed by atoms with van der Waals surface area (Å²) in [5.74, 6) is -0.711. The van der Waals surface area contributed by atoms with Gasteiger partial charge < -0.3 is 4.74 Å². The maximum atomic E-state index is 12.2. The number of nitrogens with one attached hydrogen (secondary N) is 1. The van der Waals surface area contributed by atoms with E-state index in [1.807, 2.05) is 0 Å². The third-order valence-corrected chi connectivity index (χ3v) is 2.40. The normalized spacial score (nSPS) is 13.1. The first kappa shape index (κ1) is 15.5. The van der Waals surface area contributed by atoms with E-state index >= 15 is 0 Å². The standard InChI is InChI=1S/C13H16F3NO2/c1-3-19-12(18)11(17-8-13(14,15)16)10-6-4-5-9(2)7-10/h4-7,11,17H,3,8H2,1-2H3. The van der Waals surface area contributed by atoms with E-state index < -0.39 is 24.7 Å². The second-order valence-electron chi connectivity index (χ2n) is 4.10. The van der Waals surface area contributed by atoms with Crippen molar-refractivity contribution in [3.63, 3.8) is 0 Å². The molecule has 19 heavy (non-hydrogen) atoms. The Balaban J connectivity index is 2.89. The summed E-state index contributed by atoms with van der Waals surface area (Å²) in [5, 5.41) is 2.19. The lowest BCUT2D eigenvalue weighted by Gasteiger charge is -2.19. The van der Waals surface area contributed by atoms with Gasteiger partial charge in [0.25, 0.3) is 0 Å². The third-order valence-electron chi connectivity index (χ3n) is 2.40. The summed E-state index contributed by atoms with van der Waals surface area (Å²) in [7, 11) is 0. The highest BCUT2D eigenvalue weighted by Gasteiger charge is 2.31. The van der Waals surface area contributed by atoms with Crippen LogP contribution in [0.25, 0.3) is 0 Å². The van der Waals surface area contributed by atoms with E-state index in [-0.39, 0.29) is 6.61 Å². The van der Waals surface area contributed by atoms with Gasteiger partial charge in [-0.15, -0.1) is 0 Å². The summed E-state index contributed by atoms with van der Waals surface area (Å²) in [6, 6.07) is 5.63. The maximum Gasteiger partial charge on any atom is 0.401 e. The molecule has 0 spiro atoms. The van der Waals surface area contributed by atoms with Gasteiger partial charge in [-0.3, -0.25) is 5.32 Å². The number of aryl methyl sites for hydroxylation is 1. The summed E-state index contributed by atoms with van der Waals surface area (Å²) in [6.07, 6.45) is -4.38. The predicted molar refractivity (Wildman–Crippen MR) is 64.6 cm³/mol. The predicted octanol–water partition coefficient (Wildman–Crippen LogP) is 2.75. The van der Waals surface area contributed by atoms with Crippen LogP contribution in [0.2, 0.25) is 0 Å². The quantitative estimate of drug-likeness (QED) is 0.840. The SMILES string of the molecule is CCOC(=O)C(NCC(F)(F)F)c1cccc(C)c1. The fraction of sp³-hybridized carbons (Fsp3) is 0.462. The first-order valence-electron chi connectivity index (χ1n) is 5.87. The van der Waals surface area contributed by atoms with Gasteiger partial charge in [0.1, 0.15) is 6.04 Å². The number of carbonyl (C=O) groups excluding carboxylic acids is 1. The van der Waals surface area contributed by atoms with Gasteiger partial charge >= 0.3 is 12.1 Å². The summed E-state index contributed by atoms with van der Waals surface area (Å²) in [4.78, 5) is 11.7. The van der Waals surface area contributed by atoms with E-state index in [9.17, 15) is 18.0 Å². The van der Waals surface area contributed by atoms with Crippen LogP contribution in [0.1, 0.15) is 24.1 Å². The lowest BCUT2D eigenvalue weighted by molar-refractivity contribution is -0.149. The second kappa shape index (κ2) is 6.56. The van der Waals surface area contributed by atoms with E-state index in [4.69, 9.17) is 4.74 Å². The minimum absolute atomic E-state index is 0.120. The molecule has 0 aliphatic carbocycles. The van der Waals surface area contributed by atoms with E-state index in [1.54, 1.807) is 38.1 Å². The zero-order valence-electron chi connectivity index (χ0n) is 10.8. The monoisotopic (exact) mass is 275 g/mol. The van der Waals surface area contributed by atoms with E-state index in [2.05, 4.69) is 5.32 Å². The Hall–Kier alpha value is -1.56. The molecule has 6 heteroatoms. The van der Waals surface area contributed by atoms with Crippen molar-refractivity contribution in [3.8, 4) is 0 Å². The number of hydrogen-bond donors (Lipinski definition) is 1. The molecule has 0 aliphatic rings. The lowest BCUT2D eigenvalue weighted by Crippen LogP contribution is -2.37. The Morgan fingerprint density at radius 1 is 1.42 bits per heavy atom. The number of hydrogen-bond acceptors (Lipinski definition) is 3. The fourth-order valence-electron chi connectivity index (χ4n) is 1.63. The van der Waals surface area contributed by atoms with Gasteiger partial charge in [-0.1, -0.05) is 29.8 Å². The molecule has 1 aromatic carbocycles. The highest BCUT2D eigenvalue weighted by Crippen LogP contribution is 2.19. The molecule has 0 amide bonds. The van der Waals surface area contributed by atoms with Crippen LogP contribution < -0.4 is 5.32 Å². The summed E-state index contributed by atoms with van der Waals surface area (Å²) < 4.78 is 41.5. The van der Waals surface area contributed by atoms with Crippen molar-refractivity contribution in [2.24, 2.45) is 0 Å². The van der Waals surface area contributed by atoms with Crippen LogP contribution in [0.5, 0.6) is 0 Å². The lowest BCUT2D eigenvalue weighted by atomic mass is 10.0. The van der Waals surface area contributed by atoms with Crippen LogP contribution in [0, 0.1) is 6.92 Å². The van der Waals surface area contributed by atoms with Crippen molar-refractivity contribution in [2.75, 3.05) is 13.2 Å². The molecule has 1 rings (SSSR count). The number of ether oxygens (including phenoxy) is 1. The van der Waals surface area contributed by atoms with Crippen LogP contribution in [0.4, 0.5) is 13.2 Å². The number of benzene rings is 1. The van der Waals surface area contributed by atoms with Crippen LogP contribution >= 0.6 is 0 Å². The highest BCUT2D eigenvalue weighted by atomic mass is 19.4. The Morgan fingerprint density at radius 2 is 2.11 bits per heavy atom. The van der Waals surface area contributed by atoms with Crippen molar-refractivity contribution in [2.45, 2.75) is 26.1 Å². The number of halogens is 3. The highest BCUT2D eigenvalue weighted by molar-refractivity contribution is 5.77. The van der Waals surface area contributed by atoms with Gasteiger partial charge in [0, 0.05) is 0 Å². The van der Waals surface area contributed by atoms with E-state index in [0.717, 1.165) is 5.56 Å². The molecule has 1 unspecified atom stereocenters. The topological polar surface area (TPSA) is 38.3 Å². The smallest absolute Gasteiger partial charge is 0.401 e. The Labute approximate surface area is 109 Å². The summed E-state index contributed by atoms with van der Waals surface area (Å²) in [6.45, 7) is 2.28. The zero-order valence-corrected chi connectivity index (χ0v) is 10.8. The van der Waals surface area contributed by atoms with Crippen molar-refractivity contribution in [1.82, 2.24) is 5.32 Å². The molecule has 106 valence electrons. The molecule has 0 saturated carbocycles. The minimum Gasteiger partial charge on any atom is -0.465 e. The number of carbonyl (C=O) groups is 1. The molecule has 3 nitrogen and oxygen atoms in total. The Morgan fingerprint density at radius 3 is 2.63 bits per heavy atom. The summed E-state index contributed by atoms with van der Waals surface area (Å²) >= 11 is 0. The van der Waals surface area contributed by atoms with Crippen molar-refractivity contribution < 1.29 is 22.7 Å². The minimum atomic E-state index is -4.38. The largest absolute Gasteiger partial charge is 0.465 e. The van der Waals surface area contributed by atoms with Crippen LogP contribution in [0.15, 0.2) is 24.3 Å². The van der Waals surface area contributed by atoms with Crippen molar-refractivity contribution >= 4 is 5.97 Å². The number of rotatable bonds is 5. The number of esters is 1. The van der Waals surface area contributed by atoms with Gasteiger partial charge in [0.2, 0.25) is 0 Å². The fourth-order valence-corrected chi connectivity index (χ4v) is 1.63. The first-order valence-corrected chi connectivity index (χ1v) is 5.87. The van der Waals surface area contributed by atoms with Gasteiger partial charge in [0.15, 0.2) is 0 Å². The van der Waals surface area contributed by atoms with Crippen LogP contribution in [-0.4, -0.2) is 25.3 Å². The maximum absolute atomic E-state index is 12.2. The molecule has 0 heterocycles. The molecule has 0 bridgehead atoms. The average Bonchev–Trinajstić information content (AvgIpc) is 2.28. The van der Waals surface area contributed by atoms with E-state index in [0.29, 0.717) is 5.56 Å². The molecule has 0 aromatic heterocycles. The molecule has 0 saturated heterocycles. The molecule has 1 atom stereocenters. The number of alkyl halides is 3. The second-order valence-corrected chi connectivity index (χ2v) is 4.10. The molecule has 1 aromatic rings. The molecule has 0 radical (unpaired) electrons. The molecular weight excluding hydrogens is 259 g/mol. The van der Waals surface area contributed by atoms with Gasteiger partial charge in [0.05, 0.1) is 13.2 Å². The third kappa shape index (κ3) is 5.30. The Bertz CT molecular complexity index is 432. The van der Waals surface area contributed by atoms with Gasteiger partial charge in [-0.25, -0.2) is 4.79 Å². The zero-order chi connectivity index (χ0) is 14.5. The summed E-state index contributed by atoms with van der Waals surface area (Å²) in [5.41, 5.74) is 1.32. The van der Waals surface area contributed by atoms with Crippen molar-refractivity contribution in [3.05, 3.63) is 35.4 Å². The first-order chi connectivity index (χ1) is 8.83. The van der Waals surface area contributed by atoms with Crippen molar-refractivity contribution in [1.29, 1.82) is 0 Å².